The van der Waals surface area contributed by atoms with Crippen LogP contribution in [0, 0.1) is 0 Å². The van der Waals surface area contributed by atoms with Crippen LogP contribution in [0.1, 0.15) is 26.2 Å². The van der Waals surface area contributed by atoms with E-state index in [1.807, 2.05) is 0 Å². The Morgan fingerprint density at radius 1 is 1.38 bits per heavy atom. The molecule has 0 aromatic rings. The summed E-state index contributed by atoms with van der Waals surface area (Å²) in [6.45, 7) is 3.12. The van der Waals surface area contributed by atoms with E-state index in [2.05, 4.69) is 0 Å². The van der Waals surface area contributed by atoms with E-state index in [4.69, 9.17) is 9.84 Å². The zero-order valence-electron chi connectivity index (χ0n) is 8.45. The molecule has 0 aliphatic rings. The number of unbranched alkanes of at least 4 members (excludes halogenated alkanes) is 2. The van der Waals surface area contributed by atoms with Gasteiger partial charge >= 0.3 is 6.09 Å². The Bertz CT molecular complexity index is 139. The molecule has 0 aromatic carbocycles. The van der Waals surface area contributed by atoms with E-state index in [0.29, 0.717) is 13.2 Å². The molecule has 1 N–H and O–H groups in total. The first-order valence-corrected chi connectivity index (χ1v) is 4.71. The van der Waals surface area contributed by atoms with Crippen LogP contribution in [0.2, 0.25) is 0 Å². The number of ether oxygens (including phenoxy) is 1. The molecule has 0 aliphatic carbocycles. The van der Waals surface area contributed by atoms with Crippen molar-refractivity contribution < 1.29 is 14.6 Å². The molecule has 0 unspecified atom stereocenters. The third-order valence-electron chi connectivity index (χ3n) is 1.73. The number of amides is 1. The van der Waals surface area contributed by atoms with Crippen molar-refractivity contribution in [2.75, 3.05) is 26.8 Å². The average Bonchev–Trinajstić information content (AvgIpc) is 2.12. The van der Waals surface area contributed by atoms with E-state index in [1.54, 1.807) is 18.9 Å². The summed E-state index contributed by atoms with van der Waals surface area (Å²) in [5.41, 5.74) is 0. The number of hydrogen-bond donors (Lipinski definition) is 1. The molecule has 4 heteroatoms. The van der Waals surface area contributed by atoms with Gasteiger partial charge in [0, 0.05) is 20.2 Å². The number of rotatable bonds is 6. The monoisotopic (exact) mass is 189 g/mol. The fourth-order valence-electron chi connectivity index (χ4n) is 0.963. The maximum atomic E-state index is 11.1. The second kappa shape index (κ2) is 7.86. The van der Waals surface area contributed by atoms with Crippen LogP contribution < -0.4 is 0 Å². The van der Waals surface area contributed by atoms with Gasteiger partial charge in [0.15, 0.2) is 0 Å². The molecule has 0 radical (unpaired) electrons. The predicted molar refractivity (Wildman–Crippen MR) is 50.6 cm³/mol. The lowest BCUT2D eigenvalue weighted by Crippen LogP contribution is -2.28. The summed E-state index contributed by atoms with van der Waals surface area (Å²) in [5, 5.41) is 8.52. The smallest absolute Gasteiger partial charge is 0.409 e. The number of aliphatic hydroxyl groups excluding tert-OH is 1. The molecular formula is C9H19NO3. The lowest BCUT2D eigenvalue weighted by atomic mass is 10.2. The molecule has 0 saturated carbocycles. The highest BCUT2D eigenvalue weighted by molar-refractivity contribution is 5.67. The minimum absolute atomic E-state index is 0.225. The van der Waals surface area contributed by atoms with Crippen LogP contribution in [0.3, 0.4) is 0 Å². The van der Waals surface area contributed by atoms with Gasteiger partial charge in [-0.3, -0.25) is 0 Å². The number of carbonyl (C=O) groups excluding carboxylic acids is 1. The summed E-state index contributed by atoms with van der Waals surface area (Å²) in [6.07, 6.45) is 2.39. The van der Waals surface area contributed by atoms with Crippen LogP contribution in [0.5, 0.6) is 0 Å². The lowest BCUT2D eigenvalue weighted by Gasteiger charge is -2.15. The van der Waals surface area contributed by atoms with Gasteiger partial charge in [-0.05, 0) is 26.2 Å². The lowest BCUT2D eigenvalue weighted by molar-refractivity contribution is 0.115. The van der Waals surface area contributed by atoms with Crippen LogP contribution in [-0.4, -0.2) is 42.9 Å². The van der Waals surface area contributed by atoms with E-state index >= 15 is 0 Å². The Hall–Kier alpha value is -0.770. The van der Waals surface area contributed by atoms with Crippen LogP contribution in [0.4, 0.5) is 4.79 Å². The number of aliphatic hydroxyl groups is 1. The molecular weight excluding hydrogens is 170 g/mol. The highest BCUT2D eigenvalue weighted by Crippen LogP contribution is 1.98. The number of carbonyl (C=O) groups is 1. The third kappa shape index (κ3) is 6.40. The Kier molecular flexibility index (Phi) is 7.39. The highest BCUT2D eigenvalue weighted by Gasteiger charge is 2.07. The normalized spacial score (nSPS) is 9.77. The molecule has 1 amide bonds. The van der Waals surface area contributed by atoms with Crippen LogP contribution >= 0.6 is 0 Å². The Morgan fingerprint density at radius 3 is 2.62 bits per heavy atom. The van der Waals surface area contributed by atoms with Gasteiger partial charge in [-0.2, -0.15) is 0 Å². The van der Waals surface area contributed by atoms with Gasteiger partial charge in [0.1, 0.15) is 0 Å². The quantitative estimate of drug-likeness (QED) is 0.639. The van der Waals surface area contributed by atoms with Crippen LogP contribution in [-0.2, 0) is 4.74 Å². The maximum Gasteiger partial charge on any atom is 0.409 e. The zero-order valence-corrected chi connectivity index (χ0v) is 8.45. The Balaban J connectivity index is 3.38. The van der Waals surface area contributed by atoms with Crippen LogP contribution in [0.25, 0.3) is 0 Å². The second-order valence-corrected chi connectivity index (χ2v) is 2.90. The van der Waals surface area contributed by atoms with Gasteiger partial charge in [-0.25, -0.2) is 4.79 Å². The molecule has 0 atom stereocenters. The Labute approximate surface area is 79.5 Å². The van der Waals surface area contributed by atoms with Crippen molar-refractivity contribution in [1.29, 1.82) is 0 Å². The van der Waals surface area contributed by atoms with E-state index in [-0.39, 0.29) is 12.7 Å². The molecule has 0 bridgehead atoms. The highest BCUT2D eigenvalue weighted by atomic mass is 16.5. The van der Waals surface area contributed by atoms with Crippen molar-refractivity contribution >= 4 is 6.09 Å². The van der Waals surface area contributed by atoms with Gasteiger partial charge in [-0.15, -0.1) is 0 Å². The molecule has 0 saturated heterocycles. The first-order valence-electron chi connectivity index (χ1n) is 4.71. The Morgan fingerprint density at radius 2 is 2.08 bits per heavy atom. The minimum atomic E-state index is -0.272. The van der Waals surface area contributed by atoms with Gasteiger partial charge < -0.3 is 14.7 Å². The van der Waals surface area contributed by atoms with Gasteiger partial charge in [0.25, 0.3) is 0 Å². The van der Waals surface area contributed by atoms with Crippen LogP contribution in [0.15, 0.2) is 0 Å². The SMILES string of the molecule is CCOC(=O)N(C)CCCCCO. The summed E-state index contributed by atoms with van der Waals surface area (Å²) < 4.78 is 4.80. The predicted octanol–water partition coefficient (Wildman–Crippen LogP) is 1.24. The van der Waals surface area contributed by atoms with Crippen molar-refractivity contribution in [3.8, 4) is 0 Å². The number of hydrogen-bond acceptors (Lipinski definition) is 3. The van der Waals surface area contributed by atoms with E-state index in [0.717, 1.165) is 19.3 Å². The molecule has 0 heterocycles. The molecule has 13 heavy (non-hydrogen) atoms. The summed E-state index contributed by atoms with van der Waals surface area (Å²) >= 11 is 0. The molecule has 0 fully saturated rings. The first kappa shape index (κ1) is 12.2. The topological polar surface area (TPSA) is 49.8 Å². The molecule has 78 valence electrons. The van der Waals surface area contributed by atoms with Crippen molar-refractivity contribution in [3.05, 3.63) is 0 Å². The minimum Gasteiger partial charge on any atom is -0.450 e. The third-order valence-corrected chi connectivity index (χ3v) is 1.73. The van der Waals surface area contributed by atoms with Crippen molar-refractivity contribution in [3.63, 3.8) is 0 Å². The summed E-state index contributed by atoms with van der Waals surface area (Å²) in [4.78, 5) is 12.6. The summed E-state index contributed by atoms with van der Waals surface area (Å²) in [5.74, 6) is 0. The fraction of sp³-hybridized carbons (Fsp3) is 0.889. The van der Waals surface area contributed by atoms with Crippen molar-refractivity contribution in [2.45, 2.75) is 26.2 Å². The number of nitrogens with zero attached hydrogens (tertiary/aromatic N) is 1. The average molecular weight is 189 g/mol. The standard InChI is InChI=1S/C9H19NO3/c1-3-13-9(12)10(2)7-5-4-6-8-11/h11H,3-8H2,1-2H3. The van der Waals surface area contributed by atoms with E-state index in [9.17, 15) is 4.79 Å². The first-order chi connectivity index (χ1) is 6.22. The van der Waals surface area contributed by atoms with Crippen molar-refractivity contribution in [2.24, 2.45) is 0 Å². The summed E-state index contributed by atoms with van der Waals surface area (Å²) in [7, 11) is 1.72. The van der Waals surface area contributed by atoms with E-state index in [1.165, 1.54) is 0 Å². The van der Waals surface area contributed by atoms with Gasteiger partial charge in [0.05, 0.1) is 6.61 Å². The fourth-order valence-corrected chi connectivity index (χ4v) is 0.963. The zero-order chi connectivity index (χ0) is 10.1. The van der Waals surface area contributed by atoms with Crippen molar-refractivity contribution in [1.82, 2.24) is 4.90 Å². The molecule has 4 nitrogen and oxygen atoms in total. The van der Waals surface area contributed by atoms with E-state index < -0.39 is 0 Å². The molecule has 0 aliphatic heterocycles. The summed E-state index contributed by atoms with van der Waals surface area (Å²) in [6, 6.07) is 0. The largest absolute Gasteiger partial charge is 0.450 e. The van der Waals surface area contributed by atoms with Gasteiger partial charge in [-0.1, -0.05) is 0 Å². The second-order valence-electron chi connectivity index (χ2n) is 2.90. The van der Waals surface area contributed by atoms with Gasteiger partial charge in [0.2, 0.25) is 0 Å². The molecule has 0 spiro atoms. The maximum absolute atomic E-state index is 11.1. The molecule has 0 aromatic heterocycles. The molecule has 0 rings (SSSR count).